The van der Waals surface area contributed by atoms with Gasteiger partial charge in [-0.1, -0.05) is 32.0 Å². The molecule has 0 bridgehead atoms. The van der Waals surface area contributed by atoms with Crippen LogP contribution in [-0.4, -0.2) is 65.9 Å². The molecular weight excluding hydrogens is 316 g/mol. The van der Waals surface area contributed by atoms with Gasteiger partial charge in [-0.05, 0) is 18.1 Å². The van der Waals surface area contributed by atoms with Gasteiger partial charge in [0.25, 0.3) is 5.91 Å². The van der Waals surface area contributed by atoms with Gasteiger partial charge in [-0.25, -0.2) is 0 Å². The third-order valence-electron chi connectivity index (χ3n) is 4.49. The number of para-hydroxylation sites is 1. The Morgan fingerprint density at radius 1 is 1.16 bits per heavy atom. The minimum atomic E-state index is 0.0279. The molecule has 1 aromatic carbocycles. The Morgan fingerprint density at radius 2 is 1.88 bits per heavy atom. The summed E-state index contributed by atoms with van der Waals surface area (Å²) in [6.07, 6.45) is 0. The molecule has 1 aliphatic rings. The Kier molecular flexibility index (Phi) is 5.38. The molecule has 2 heterocycles. The number of carbonyl (C=O) groups excluding carboxylic acids is 2. The largest absolute Gasteiger partial charge is 0.355 e. The number of rotatable bonds is 5. The van der Waals surface area contributed by atoms with Crippen molar-refractivity contribution in [3.63, 3.8) is 0 Å². The summed E-state index contributed by atoms with van der Waals surface area (Å²) in [4.78, 5) is 31.7. The molecule has 3 rings (SSSR count). The highest BCUT2D eigenvalue weighted by atomic mass is 16.2. The van der Waals surface area contributed by atoms with Crippen molar-refractivity contribution < 1.29 is 9.59 Å². The Morgan fingerprint density at radius 3 is 2.56 bits per heavy atom. The van der Waals surface area contributed by atoms with Crippen LogP contribution in [0.2, 0.25) is 0 Å². The standard InChI is InChI=1S/C19H26N4O2/c1-14(2)12-20-18(24)13-22-7-9-23(10-8-22)19(25)17-11-15-5-3-4-6-16(15)21-17/h3-6,11,14,21H,7-10,12-13H2,1-2H3,(H,20,24). The zero-order valence-electron chi connectivity index (χ0n) is 14.9. The maximum atomic E-state index is 12.7. The van der Waals surface area contributed by atoms with Crippen molar-refractivity contribution >= 4 is 22.7 Å². The van der Waals surface area contributed by atoms with Crippen LogP contribution in [0.15, 0.2) is 30.3 Å². The lowest BCUT2D eigenvalue weighted by molar-refractivity contribution is -0.122. The molecule has 0 atom stereocenters. The van der Waals surface area contributed by atoms with E-state index in [-0.39, 0.29) is 11.8 Å². The van der Waals surface area contributed by atoms with Gasteiger partial charge in [-0.2, -0.15) is 0 Å². The summed E-state index contributed by atoms with van der Waals surface area (Å²) in [5, 5.41) is 3.99. The fraction of sp³-hybridized carbons (Fsp3) is 0.474. The molecule has 1 aromatic heterocycles. The van der Waals surface area contributed by atoms with Gasteiger partial charge in [0.15, 0.2) is 0 Å². The number of benzene rings is 1. The molecule has 6 heteroatoms. The number of nitrogens with zero attached hydrogens (tertiary/aromatic N) is 2. The quantitative estimate of drug-likeness (QED) is 0.869. The van der Waals surface area contributed by atoms with Crippen molar-refractivity contribution in [3.05, 3.63) is 36.0 Å². The number of hydrogen-bond acceptors (Lipinski definition) is 3. The predicted molar refractivity (Wildman–Crippen MR) is 98.5 cm³/mol. The number of carbonyl (C=O) groups is 2. The van der Waals surface area contributed by atoms with Crippen LogP contribution in [0.25, 0.3) is 10.9 Å². The van der Waals surface area contributed by atoms with Gasteiger partial charge in [0.2, 0.25) is 5.91 Å². The summed E-state index contributed by atoms with van der Waals surface area (Å²) in [7, 11) is 0. The fourth-order valence-electron chi connectivity index (χ4n) is 3.04. The molecule has 0 radical (unpaired) electrons. The molecule has 134 valence electrons. The fourth-order valence-corrected chi connectivity index (χ4v) is 3.04. The number of fused-ring (bicyclic) bond motifs is 1. The normalized spacial score (nSPS) is 15.7. The van der Waals surface area contributed by atoms with Gasteiger partial charge in [0.05, 0.1) is 6.54 Å². The second-order valence-corrected chi connectivity index (χ2v) is 7.04. The first-order valence-electron chi connectivity index (χ1n) is 8.89. The van der Waals surface area contributed by atoms with Gasteiger partial charge in [-0.15, -0.1) is 0 Å². The van der Waals surface area contributed by atoms with Crippen LogP contribution in [0.5, 0.6) is 0 Å². The second-order valence-electron chi connectivity index (χ2n) is 7.04. The maximum Gasteiger partial charge on any atom is 0.270 e. The van der Waals surface area contributed by atoms with Crippen molar-refractivity contribution in [1.82, 2.24) is 20.1 Å². The first-order valence-corrected chi connectivity index (χ1v) is 8.89. The molecule has 6 nitrogen and oxygen atoms in total. The number of hydrogen-bond donors (Lipinski definition) is 2. The zero-order valence-corrected chi connectivity index (χ0v) is 14.9. The van der Waals surface area contributed by atoms with Crippen LogP contribution in [0.1, 0.15) is 24.3 Å². The Balaban J connectivity index is 1.51. The average molecular weight is 342 g/mol. The van der Waals surface area contributed by atoms with Crippen molar-refractivity contribution in [2.75, 3.05) is 39.3 Å². The van der Waals surface area contributed by atoms with Crippen LogP contribution >= 0.6 is 0 Å². The summed E-state index contributed by atoms with van der Waals surface area (Å²) < 4.78 is 0. The van der Waals surface area contributed by atoms with E-state index in [0.29, 0.717) is 37.8 Å². The molecule has 1 saturated heterocycles. The first-order chi connectivity index (χ1) is 12.0. The molecule has 1 fully saturated rings. The van der Waals surface area contributed by atoms with Crippen LogP contribution in [-0.2, 0) is 4.79 Å². The van der Waals surface area contributed by atoms with E-state index in [1.807, 2.05) is 35.2 Å². The molecule has 0 saturated carbocycles. The number of piperazine rings is 1. The Hall–Kier alpha value is -2.34. The third kappa shape index (κ3) is 4.39. The minimum Gasteiger partial charge on any atom is -0.355 e. The third-order valence-corrected chi connectivity index (χ3v) is 4.49. The molecular formula is C19H26N4O2. The number of amides is 2. The molecule has 2 amide bonds. The minimum absolute atomic E-state index is 0.0279. The summed E-state index contributed by atoms with van der Waals surface area (Å²) in [6.45, 7) is 8.00. The summed E-state index contributed by atoms with van der Waals surface area (Å²) in [6, 6.07) is 9.79. The summed E-state index contributed by atoms with van der Waals surface area (Å²) in [5.74, 6) is 0.541. The van der Waals surface area contributed by atoms with Crippen LogP contribution in [0.4, 0.5) is 0 Å². The van der Waals surface area contributed by atoms with Gasteiger partial charge < -0.3 is 15.2 Å². The lowest BCUT2D eigenvalue weighted by Gasteiger charge is -2.34. The van der Waals surface area contributed by atoms with Gasteiger partial charge >= 0.3 is 0 Å². The summed E-state index contributed by atoms with van der Waals surface area (Å²) >= 11 is 0. The molecule has 0 unspecified atom stereocenters. The Labute approximate surface area is 148 Å². The number of aromatic nitrogens is 1. The van der Waals surface area contributed by atoms with Crippen molar-refractivity contribution in [3.8, 4) is 0 Å². The number of H-pyrrole nitrogens is 1. The molecule has 2 aromatic rings. The van der Waals surface area contributed by atoms with Crippen LogP contribution < -0.4 is 5.32 Å². The van der Waals surface area contributed by atoms with E-state index in [4.69, 9.17) is 0 Å². The molecule has 2 N–H and O–H groups in total. The van der Waals surface area contributed by atoms with E-state index in [9.17, 15) is 9.59 Å². The van der Waals surface area contributed by atoms with E-state index >= 15 is 0 Å². The van der Waals surface area contributed by atoms with E-state index in [0.717, 1.165) is 24.0 Å². The molecule has 1 aliphatic heterocycles. The van der Waals surface area contributed by atoms with Crippen molar-refractivity contribution in [2.45, 2.75) is 13.8 Å². The number of aromatic amines is 1. The highest BCUT2D eigenvalue weighted by molar-refractivity contribution is 5.98. The van der Waals surface area contributed by atoms with E-state index in [1.54, 1.807) is 0 Å². The lowest BCUT2D eigenvalue weighted by atomic mass is 10.2. The highest BCUT2D eigenvalue weighted by Gasteiger charge is 2.24. The van der Waals surface area contributed by atoms with E-state index < -0.39 is 0 Å². The zero-order chi connectivity index (χ0) is 17.8. The molecule has 25 heavy (non-hydrogen) atoms. The lowest BCUT2D eigenvalue weighted by Crippen LogP contribution is -2.51. The molecule has 0 spiro atoms. The SMILES string of the molecule is CC(C)CNC(=O)CN1CCN(C(=O)c2cc3ccccc3[nH]2)CC1. The summed E-state index contributed by atoms with van der Waals surface area (Å²) in [5.41, 5.74) is 1.61. The van der Waals surface area contributed by atoms with Crippen molar-refractivity contribution in [1.29, 1.82) is 0 Å². The highest BCUT2D eigenvalue weighted by Crippen LogP contribution is 2.16. The van der Waals surface area contributed by atoms with Gasteiger partial charge in [0, 0.05) is 43.6 Å². The van der Waals surface area contributed by atoms with Crippen molar-refractivity contribution in [2.24, 2.45) is 5.92 Å². The number of nitrogens with one attached hydrogen (secondary N) is 2. The second kappa shape index (κ2) is 7.70. The monoisotopic (exact) mass is 342 g/mol. The smallest absolute Gasteiger partial charge is 0.270 e. The van der Waals surface area contributed by atoms with Gasteiger partial charge in [-0.3, -0.25) is 14.5 Å². The maximum absolute atomic E-state index is 12.7. The molecule has 0 aliphatic carbocycles. The first kappa shape index (κ1) is 17.5. The van der Waals surface area contributed by atoms with E-state index in [2.05, 4.69) is 29.0 Å². The Bertz CT molecular complexity index is 712. The van der Waals surface area contributed by atoms with Gasteiger partial charge in [0.1, 0.15) is 5.69 Å². The predicted octanol–water partition coefficient (Wildman–Crippen LogP) is 1.70. The topological polar surface area (TPSA) is 68.4 Å². The average Bonchev–Trinajstić information content (AvgIpc) is 3.04. The van der Waals surface area contributed by atoms with Crippen LogP contribution in [0.3, 0.4) is 0 Å². The van der Waals surface area contributed by atoms with E-state index in [1.165, 1.54) is 0 Å². The van der Waals surface area contributed by atoms with Crippen LogP contribution in [0, 0.1) is 5.92 Å².